The highest BCUT2D eigenvalue weighted by Gasteiger charge is 2.31. The van der Waals surface area contributed by atoms with Crippen LogP contribution in [0.2, 0.25) is 0 Å². The van der Waals surface area contributed by atoms with Gasteiger partial charge in [-0.2, -0.15) is 0 Å². The molecule has 0 unspecified atom stereocenters. The Hall–Kier alpha value is -3.23. The van der Waals surface area contributed by atoms with E-state index in [1.807, 2.05) is 24.3 Å². The van der Waals surface area contributed by atoms with Gasteiger partial charge in [0.05, 0.1) is 11.0 Å². The third-order valence-electron chi connectivity index (χ3n) is 5.43. The highest BCUT2D eigenvalue weighted by atomic mass is 19.4. The van der Waals surface area contributed by atoms with Crippen molar-refractivity contribution in [1.82, 2.24) is 15.3 Å². The molecule has 3 aromatic rings. The number of halogens is 3. The molecule has 1 heterocycles. The van der Waals surface area contributed by atoms with Crippen molar-refractivity contribution in [2.75, 3.05) is 5.32 Å². The van der Waals surface area contributed by atoms with Crippen molar-refractivity contribution in [1.29, 1.82) is 0 Å². The average Bonchev–Trinajstić information content (AvgIpc) is 3.14. The number of hydrogen-bond acceptors (Lipinski definition) is 4. The Morgan fingerprint density at radius 3 is 2.61 bits per heavy atom. The first-order chi connectivity index (χ1) is 14.9. The number of aromatic nitrogens is 2. The lowest BCUT2D eigenvalue weighted by Crippen LogP contribution is -2.35. The molecule has 0 bridgehead atoms. The molecule has 1 saturated carbocycles. The van der Waals surface area contributed by atoms with Crippen molar-refractivity contribution < 1.29 is 22.7 Å². The first-order valence-corrected chi connectivity index (χ1v) is 10.2. The van der Waals surface area contributed by atoms with Crippen molar-refractivity contribution in [3.8, 4) is 5.75 Å². The Balaban J connectivity index is 1.24. The number of benzene rings is 2. The molecule has 0 aliphatic heterocycles. The number of carbonyl (C=O) groups excluding carboxylic acids is 1. The summed E-state index contributed by atoms with van der Waals surface area (Å²) < 4.78 is 41.0. The SMILES string of the molecule is O=C(NCc1cccc(OC(F)(F)F)c1)C1CCC(Nc2nc3ccccc3[nH]2)CC1. The van der Waals surface area contributed by atoms with E-state index in [0.717, 1.165) is 42.7 Å². The van der Waals surface area contributed by atoms with Gasteiger partial charge in [0.15, 0.2) is 0 Å². The molecule has 3 N–H and O–H groups in total. The largest absolute Gasteiger partial charge is 0.573 e. The van der Waals surface area contributed by atoms with Crippen LogP contribution >= 0.6 is 0 Å². The van der Waals surface area contributed by atoms with E-state index in [4.69, 9.17) is 0 Å². The molecule has 1 fully saturated rings. The van der Waals surface area contributed by atoms with Crippen LogP contribution in [-0.4, -0.2) is 28.3 Å². The molecule has 164 valence electrons. The van der Waals surface area contributed by atoms with Gasteiger partial charge in [0.2, 0.25) is 11.9 Å². The van der Waals surface area contributed by atoms with Gasteiger partial charge in [-0.3, -0.25) is 4.79 Å². The van der Waals surface area contributed by atoms with Crippen LogP contribution in [0.4, 0.5) is 19.1 Å². The van der Waals surface area contributed by atoms with Gasteiger partial charge in [-0.15, -0.1) is 13.2 Å². The lowest BCUT2D eigenvalue weighted by atomic mass is 9.85. The van der Waals surface area contributed by atoms with Crippen LogP contribution in [0.25, 0.3) is 11.0 Å². The number of para-hydroxylation sites is 2. The zero-order valence-corrected chi connectivity index (χ0v) is 16.7. The molecule has 0 atom stereocenters. The van der Waals surface area contributed by atoms with E-state index in [9.17, 15) is 18.0 Å². The molecule has 0 radical (unpaired) electrons. The van der Waals surface area contributed by atoms with Crippen molar-refractivity contribution in [3.63, 3.8) is 0 Å². The minimum Gasteiger partial charge on any atom is -0.406 e. The van der Waals surface area contributed by atoms with E-state index >= 15 is 0 Å². The first-order valence-electron chi connectivity index (χ1n) is 10.2. The number of ether oxygens (including phenoxy) is 1. The summed E-state index contributed by atoms with van der Waals surface area (Å²) in [5.41, 5.74) is 2.43. The number of amides is 1. The molecule has 2 aromatic carbocycles. The minimum atomic E-state index is -4.74. The number of aromatic amines is 1. The third kappa shape index (κ3) is 5.68. The van der Waals surface area contributed by atoms with Crippen LogP contribution in [0.5, 0.6) is 5.75 Å². The Morgan fingerprint density at radius 1 is 1.10 bits per heavy atom. The van der Waals surface area contributed by atoms with Gasteiger partial charge in [-0.05, 0) is 55.5 Å². The van der Waals surface area contributed by atoms with E-state index in [0.29, 0.717) is 5.56 Å². The second-order valence-electron chi connectivity index (χ2n) is 7.71. The third-order valence-corrected chi connectivity index (χ3v) is 5.43. The van der Waals surface area contributed by atoms with Crippen LogP contribution in [-0.2, 0) is 11.3 Å². The summed E-state index contributed by atoms with van der Waals surface area (Å²) in [4.78, 5) is 20.3. The van der Waals surface area contributed by atoms with E-state index < -0.39 is 6.36 Å². The molecular weight excluding hydrogens is 409 g/mol. The zero-order chi connectivity index (χ0) is 21.8. The molecule has 1 aliphatic carbocycles. The number of rotatable bonds is 6. The molecule has 1 aliphatic rings. The summed E-state index contributed by atoms with van der Waals surface area (Å²) in [5, 5.41) is 6.23. The first kappa shape index (κ1) is 21.0. The van der Waals surface area contributed by atoms with Gasteiger partial charge in [0.25, 0.3) is 0 Å². The second kappa shape index (κ2) is 8.87. The lowest BCUT2D eigenvalue weighted by molar-refractivity contribution is -0.274. The summed E-state index contributed by atoms with van der Waals surface area (Å²) in [6.45, 7) is 0.158. The number of carbonyl (C=O) groups is 1. The molecule has 1 aromatic heterocycles. The highest BCUT2D eigenvalue weighted by molar-refractivity contribution is 5.79. The number of H-pyrrole nitrogens is 1. The molecule has 0 saturated heterocycles. The topological polar surface area (TPSA) is 79.0 Å². The van der Waals surface area contributed by atoms with Crippen LogP contribution in [0.1, 0.15) is 31.2 Å². The summed E-state index contributed by atoms with van der Waals surface area (Å²) in [6.07, 6.45) is -1.59. The predicted octanol–water partition coefficient (Wildman–Crippen LogP) is 4.75. The second-order valence-corrected chi connectivity index (χ2v) is 7.71. The zero-order valence-electron chi connectivity index (χ0n) is 16.7. The maximum Gasteiger partial charge on any atom is 0.573 e. The minimum absolute atomic E-state index is 0.0793. The standard InChI is InChI=1S/C22H23F3N4O2/c23-22(24,25)31-17-5-3-4-14(12-17)13-26-20(30)15-8-10-16(11-9-15)27-21-28-18-6-1-2-7-19(18)29-21/h1-7,12,15-16H,8-11,13H2,(H,26,30)(H2,27,28,29). The molecule has 31 heavy (non-hydrogen) atoms. The maximum absolute atomic E-state index is 12.5. The van der Waals surface area contributed by atoms with E-state index in [2.05, 4.69) is 25.3 Å². The molecule has 6 nitrogen and oxygen atoms in total. The van der Waals surface area contributed by atoms with Gasteiger partial charge in [0, 0.05) is 18.5 Å². The monoisotopic (exact) mass is 432 g/mol. The highest BCUT2D eigenvalue weighted by Crippen LogP contribution is 2.27. The van der Waals surface area contributed by atoms with E-state index in [1.165, 1.54) is 18.2 Å². The number of imidazole rings is 1. The number of nitrogens with one attached hydrogen (secondary N) is 3. The van der Waals surface area contributed by atoms with Crippen LogP contribution in [0.15, 0.2) is 48.5 Å². The summed E-state index contributed by atoms with van der Waals surface area (Å²) in [7, 11) is 0. The van der Waals surface area contributed by atoms with Crippen LogP contribution < -0.4 is 15.4 Å². The number of fused-ring (bicyclic) bond motifs is 1. The van der Waals surface area contributed by atoms with Crippen molar-refractivity contribution in [2.24, 2.45) is 5.92 Å². The number of nitrogens with zero attached hydrogens (tertiary/aromatic N) is 1. The molecule has 0 spiro atoms. The fourth-order valence-electron chi connectivity index (χ4n) is 3.90. The average molecular weight is 432 g/mol. The normalized spacial score (nSPS) is 19.2. The molecule has 1 amide bonds. The summed E-state index contributed by atoms with van der Waals surface area (Å²) >= 11 is 0. The Morgan fingerprint density at radius 2 is 1.87 bits per heavy atom. The fraction of sp³-hybridized carbons (Fsp3) is 0.364. The number of anilines is 1. The van der Waals surface area contributed by atoms with Gasteiger partial charge < -0.3 is 20.4 Å². The lowest BCUT2D eigenvalue weighted by Gasteiger charge is -2.28. The van der Waals surface area contributed by atoms with Crippen molar-refractivity contribution in [3.05, 3.63) is 54.1 Å². The van der Waals surface area contributed by atoms with Crippen molar-refractivity contribution >= 4 is 22.9 Å². The Labute approximate surface area is 177 Å². The van der Waals surface area contributed by atoms with Gasteiger partial charge in [-0.1, -0.05) is 24.3 Å². The fourth-order valence-corrected chi connectivity index (χ4v) is 3.90. The summed E-state index contributed by atoms with van der Waals surface area (Å²) in [5.74, 6) is 0.249. The number of alkyl halides is 3. The van der Waals surface area contributed by atoms with Gasteiger partial charge >= 0.3 is 6.36 Å². The predicted molar refractivity (Wildman–Crippen MR) is 110 cm³/mol. The number of hydrogen-bond donors (Lipinski definition) is 3. The molecular formula is C22H23F3N4O2. The van der Waals surface area contributed by atoms with E-state index in [1.54, 1.807) is 6.07 Å². The van der Waals surface area contributed by atoms with Crippen molar-refractivity contribution in [2.45, 2.75) is 44.6 Å². The molecule has 4 rings (SSSR count). The smallest absolute Gasteiger partial charge is 0.406 e. The Bertz CT molecular complexity index is 1010. The van der Waals surface area contributed by atoms with Crippen LogP contribution in [0.3, 0.4) is 0 Å². The Kier molecular flexibility index (Phi) is 6.01. The maximum atomic E-state index is 12.5. The van der Waals surface area contributed by atoms with Gasteiger partial charge in [-0.25, -0.2) is 4.98 Å². The summed E-state index contributed by atoms with van der Waals surface area (Å²) in [6, 6.07) is 13.7. The van der Waals surface area contributed by atoms with Gasteiger partial charge in [0.1, 0.15) is 5.75 Å². The quantitative estimate of drug-likeness (QED) is 0.525. The van der Waals surface area contributed by atoms with Crippen LogP contribution in [0, 0.1) is 5.92 Å². The van der Waals surface area contributed by atoms with E-state index in [-0.39, 0.29) is 30.2 Å². The molecule has 9 heteroatoms.